The van der Waals surface area contributed by atoms with Gasteiger partial charge >= 0.3 is 0 Å². The van der Waals surface area contributed by atoms with Crippen molar-refractivity contribution >= 4 is 11.6 Å². The zero-order chi connectivity index (χ0) is 18.5. The second kappa shape index (κ2) is 8.33. The fraction of sp³-hybridized carbons (Fsp3) is 0.316. The van der Waals surface area contributed by atoms with Gasteiger partial charge in [0.1, 0.15) is 50.2 Å². The monoisotopic (exact) mass is 365 g/mol. The van der Waals surface area contributed by atoms with Gasteiger partial charge in [-0.05, 0) is 36.4 Å². The van der Waals surface area contributed by atoms with Crippen molar-refractivity contribution in [3.05, 3.63) is 65.5 Å². The fourth-order valence-electron chi connectivity index (χ4n) is 3.23. The molecule has 3 rings (SSSR count). The highest BCUT2D eigenvalue weighted by atomic mass is 19.1. The number of anilines is 1. The number of quaternary nitrogens is 2. The number of piperazine rings is 1. The van der Waals surface area contributed by atoms with Crippen LogP contribution in [0.4, 0.5) is 18.9 Å². The summed E-state index contributed by atoms with van der Waals surface area (Å²) >= 11 is 0. The Balaban J connectivity index is 1.46. The van der Waals surface area contributed by atoms with Crippen LogP contribution in [0.25, 0.3) is 0 Å². The SMILES string of the molecule is O=C(C[NH+]1CC[NH+](Cc2c(F)cccc2F)CC1)Nc1ccc(F)cc1. The third-order valence-corrected chi connectivity index (χ3v) is 4.69. The largest absolute Gasteiger partial charge is 0.322 e. The van der Waals surface area contributed by atoms with Crippen molar-refractivity contribution in [3.63, 3.8) is 0 Å². The van der Waals surface area contributed by atoms with Gasteiger partial charge in [-0.1, -0.05) is 6.07 Å². The number of halogens is 3. The van der Waals surface area contributed by atoms with E-state index in [1.165, 1.54) is 42.5 Å². The van der Waals surface area contributed by atoms with Gasteiger partial charge in [0.05, 0.1) is 5.56 Å². The van der Waals surface area contributed by atoms with Gasteiger partial charge in [-0.3, -0.25) is 4.79 Å². The average molecular weight is 365 g/mol. The molecule has 138 valence electrons. The molecule has 3 N–H and O–H groups in total. The lowest BCUT2D eigenvalue weighted by Crippen LogP contribution is -3.28. The third-order valence-electron chi connectivity index (χ3n) is 4.69. The van der Waals surface area contributed by atoms with Crippen LogP contribution in [-0.2, 0) is 11.3 Å². The number of hydrogen-bond acceptors (Lipinski definition) is 1. The van der Waals surface area contributed by atoms with Gasteiger partial charge in [0, 0.05) is 5.69 Å². The summed E-state index contributed by atoms with van der Waals surface area (Å²) in [5.74, 6) is -1.49. The van der Waals surface area contributed by atoms with Gasteiger partial charge in [-0.15, -0.1) is 0 Å². The number of benzene rings is 2. The van der Waals surface area contributed by atoms with Crippen LogP contribution in [0.15, 0.2) is 42.5 Å². The van der Waals surface area contributed by atoms with Crippen molar-refractivity contribution in [2.75, 3.05) is 38.0 Å². The summed E-state index contributed by atoms with van der Waals surface area (Å²) in [6.45, 7) is 3.62. The van der Waals surface area contributed by atoms with E-state index in [4.69, 9.17) is 0 Å². The number of rotatable bonds is 5. The molecule has 0 bridgehead atoms. The van der Waals surface area contributed by atoms with E-state index in [9.17, 15) is 18.0 Å². The molecule has 0 spiro atoms. The molecule has 26 heavy (non-hydrogen) atoms. The number of nitrogens with one attached hydrogen (secondary N) is 3. The number of amides is 1. The lowest BCUT2D eigenvalue weighted by Gasteiger charge is -2.29. The molecule has 7 heteroatoms. The Morgan fingerprint density at radius 3 is 2.08 bits per heavy atom. The molecule has 0 radical (unpaired) electrons. The maximum Gasteiger partial charge on any atom is 0.279 e. The lowest BCUT2D eigenvalue weighted by molar-refractivity contribution is -1.02. The number of hydrogen-bond donors (Lipinski definition) is 3. The van der Waals surface area contributed by atoms with Gasteiger partial charge in [-0.25, -0.2) is 13.2 Å². The van der Waals surface area contributed by atoms with E-state index in [-0.39, 0.29) is 17.3 Å². The van der Waals surface area contributed by atoms with E-state index in [1.807, 2.05) is 0 Å². The zero-order valence-corrected chi connectivity index (χ0v) is 14.3. The summed E-state index contributed by atoms with van der Waals surface area (Å²) in [4.78, 5) is 14.3. The molecule has 1 amide bonds. The summed E-state index contributed by atoms with van der Waals surface area (Å²) in [6, 6.07) is 9.56. The first-order valence-electron chi connectivity index (χ1n) is 8.66. The van der Waals surface area contributed by atoms with Crippen LogP contribution in [0.1, 0.15) is 5.56 Å². The van der Waals surface area contributed by atoms with Crippen molar-refractivity contribution < 1.29 is 27.8 Å². The smallest absolute Gasteiger partial charge is 0.279 e. The van der Waals surface area contributed by atoms with Crippen LogP contribution in [0.5, 0.6) is 0 Å². The fourth-order valence-corrected chi connectivity index (χ4v) is 3.23. The molecule has 0 atom stereocenters. The third kappa shape index (κ3) is 4.83. The van der Waals surface area contributed by atoms with Crippen molar-refractivity contribution in [2.24, 2.45) is 0 Å². The highest BCUT2D eigenvalue weighted by Crippen LogP contribution is 2.10. The minimum Gasteiger partial charge on any atom is -0.322 e. The molecule has 0 aromatic heterocycles. The molecule has 1 fully saturated rings. The predicted molar refractivity (Wildman–Crippen MR) is 91.4 cm³/mol. The first-order chi connectivity index (χ1) is 12.5. The summed E-state index contributed by atoms with van der Waals surface area (Å²) < 4.78 is 40.4. The Morgan fingerprint density at radius 2 is 1.46 bits per heavy atom. The van der Waals surface area contributed by atoms with E-state index in [1.54, 1.807) is 0 Å². The van der Waals surface area contributed by atoms with Crippen molar-refractivity contribution in [3.8, 4) is 0 Å². The number of carbonyl (C=O) groups is 1. The van der Waals surface area contributed by atoms with Crippen molar-refractivity contribution in [2.45, 2.75) is 6.54 Å². The topological polar surface area (TPSA) is 38.0 Å². The summed E-state index contributed by atoms with van der Waals surface area (Å²) in [5.41, 5.74) is 0.690. The van der Waals surface area contributed by atoms with Gasteiger partial charge in [-0.2, -0.15) is 0 Å². The molecule has 0 unspecified atom stereocenters. The van der Waals surface area contributed by atoms with Gasteiger partial charge in [0.15, 0.2) is 6.54 Å². The first kappa shape index (κ1) is 18.4. The summed E-state index contributed by atoms with van der Waals surface area (Å²) in [5, 5.41) is 2.75. The molecular formula is C19H22F3N3O+2. The first-order valence-corrected chi connectivity index (χ1v) is 8.66. The Labute approximate surface area is 150 Å². The molecule has 4 nitrogen and oxygen atoms in total. The zero-order valence-electron chi connectivity index (χ0n) is 14.3. The van der Waals surface area contributed by atoms with Gasteiger partial charge < -0.3 is 15.1 Å². The predicted octanol–water partition coefficient (Wildman–Crippen LogP) is 0.0260. The van der Waals surface area contributed by atoms with E-state index in [2.05, 4.69) is 5.32 Å². The van der Waals surface area contributed by atoms with Crippen molar-refractivity contribution in [1.29, 1.82) is 0 Å². The highest BCUT2D eigenvalue weighted by molar-refractivity contribution is 5.91. The molecule has 1 aliphatic rings. The molecule has 0 saturated carbocycles. The normalized spacial score (nSPS) is 20.0. The molecule has 2 aromatic rings. The minimum absolute atomic E-state index is 0.125. The quantitative estimate of drug-likeness (QED) is 0.687. The maximum atomic E-state index is 13.8. The maximum absolute atomic E-state index is 13.8. The average Bonchev–Trinajstić information content (AvgIpc) is 2.62. The van der Waals surface area contributed by atoms with E-state index < -0.39 is 11.6 Å². The molecule has 1 saturated heterocycles. The summed E-state index contributed by atoms with van der Waals surface area (Å²) in [7, 11) is 0. The molecular weight excluding hydrogens is 343 g/mol. The molecule has 1 heterocycles. The van der Waals surface area contributed by atoms with Crippen LogP contribution >= 0.6 is 0 Å². The molecule has 0 aliphatic carbocycles. The van der Waals surface area contributed by atoms with Crippen molar-refractivity contribution in [1.82, 2.24) is 0 Å². The molecule has 1 aliphatic heterocycles. The van der Waals surface area contributed by atoms with Gasteiger partial charge in [0.2, 0.25) is 0 Å². The van der Waals surface area contributed by atoms with Gasteiger partial charge in [0.25, 0.3) is 5.91 Å². The minimum atomic E-state index is -0.508. The van der Waals surface area contributed by atoms with Crippen LogP contribution in [0, 0.1) is 17.5 Å². The van der Waals surface area contributed by atoms with E-state index in [0.29, 0.717) is 18.8 Å². The van der Waals surface area contributed by atoms with E-state index >= 15 is 0 Å². The Kier molecular flexibility index (Phi) is 5.90. The van der Waals surface area contributed by atoms with Crippen LogP contribution < -0.4 is 15.1 Å². The number of carbonyl (C=O) groups excluding carboxylic acids is 1. The second-order valence-corrected chi connectivity index (χ2v) is 6.61. The van der Waals surface area contributed by atoms with Crippen LogP contribution in [-0.4, -0.2) is 38.6 Å². The Hall–Kier alpha value is -2.38. The standard InChI is InChI=1S/C19H20F3N3O/c20-14-4-6-15(7-5-14)23-19(26)13-25-10-8-24(9-11-25)12-16-17(21)2-1-3-18(16)22/h1-7H,8-13H2,(H,23,26)/p+2. The van der Waals surface area contributed by atoms with Crippen LogP contribution in [0.2, 0.25) is 0 Å². The second-order valence-electron chi connectivity index (χ2n) is 6.61. The Bertz CT molecular complexity index is 739. The lowest BCUT2D eigenvalue weighted by atomic mass is 10.1. The highest BCUT2D eigenvalue weighted by Gasteiger charge is 2.26. The van der Waals surface area contributed by atoms with Crippen LogP contribution in [0.3, 0.4) is 0 Å². The molecule has 2 aromatic carbocycles. The summed E-state index contributed by atoms with van der Waals surface area (Å²) in [6.07, 6.45) is 0. The Morgan fingerprint density at radius 1 is 0.885 bits per heavy atom. The van der Waals surface area contributed by atoms with E-state index in [0.717, 1.165) is 36.0 Å².